The highest BCUT2D eigenvalue weighted by atomic mass is 16.2. The number of fused-ring (bicyclic) bond motifs is 2. The van der Waals surface area contributed by atoms with Crippen LogP contribution < -0.4 is 31.9 Å². The average molecular weight is 1110 g/mol. The summed E-state index contributed by atoms with van der Waals surface area (Å²) in [5, 5.41) is 18.2. The maximum atomic E-state index is 14.7. The van der Waals surface area contributed by atoms with Crippen LogP contribution >= 0.6 is 0 Å². The molecule has 81 heavy (non-hydrogen) atoms. The molecule has 432 valence electrons. The highest BCUT2D eigenvalue weighted by Gasteiger charge is 2.48. The van der Waals surface area contributed by atoms with Gasteiger partial charge in [-0.1, -0.05) is 141 Å². The molecule has 8 atom stereocenters. The minimum atomic E-state index is -1.06. The molecule has 4 fully saturated rings. The maximum absolute atomic E-state index is 14.7. The van der Waals surface area contributed by atoms with Crippen molar-refractivity contribution in [3.8, 4) is 0 Å². The predicted molar refractivity (Wildman–Crippen MR) is 309 cm³/mol. The van der Waals surface area contributed by atoms with E-state index in [9.17, 15) is 38.4 Å². The third-order valence-corrected chi connectivity index (χ3v) is 16.9. The Balaban J connectivity index is 0.836. The molecule has 0 aliphatic carbocycles. The Bertz CT molecular complexity index is 2510. The van der Waals surface area contributed by atoms with Gasteiger partial charge in [0.25, 0.3) is 0 Å². The van der Waals surface area contributed by atoms with E-state index in [4.69, 9.17) is 0 Å². The molecule has 0 saturated carbocycles. The van der Waals surface area contributed by atoms with Gasteiger partial charge in [0, 0.05) is 51.1 Å². The van der Waals surface area contributed by atoms with Gasteiger partial charge < -0.3 is 51.5 Å². The summed E-state index contributed by atoms with van der Waals surface area (Å²) in [6, 6.07) is 32.6. The normalized spacial score (nSPS) is 21.9. The Morgan fingerprint density at radius 3 is 1.10 bits per heavy atom. The van der Waals surface area contributed by atoms with Crippen LogP contribution in [0.3, 0.4) is 0 Å². The minimum absolute atomic E-state index is 0.0179. The van der Waals surface area contributed by atoms with Crippen molar-refractivity contribution in [3.63, 3.8) is 0 Å². The molecule has 18 heteroatoms. The second kappa shape index (κ2) is 28.8. The third-order valence-electron chi connectivity index (χ3n) is 16.9. The molecule has 0 aromatic heterocycles. The van der Waals surface area contributed by atoms with Crippen LogP contribution in [0.25, 0.3) is 0 Å². The second-order valence-electron chi connectivity index (χ2n) is 22.2. The first-order chi connectivity index (χ1) is 39.3. The van der Waals surface area contributed by atoms with Crippen molar-refractivity contribution in [2.24, 2.45) is 0 Å². The molecular formula is C63H82N10O8. The summed E-state index contributed by atoms with van der Waals surface area (Å²) in [4.78, 5) is 119. The van der Waals surface area contributed by atoms with Gasteiger partial charge in [-0.2, -0.15) is 0 Å². The summed E-state index contributed by atoms with van der Waals surface area (Å²) in [6.45, 7) is 4.10. The van der Waals surface area contributed by atoms with Crippen molar-refractivity contribution in [1.82, 2.24) is 51.5 Å². The number of likely N-dealkylation sites (N-methyl/N-ethyl adjacent to an activating group) is 2. The number of carbonyl (C=O) groups is 8. The number of unbranched alkanes of at least 4 members (excludes halogenated alkanes) is 4. The lowest BCUT2D eigenvalue weighted by Gasteiger charge is -2.39. The van der Waals surface area contributed by atoms with Crippen LogP contribution in [0, 0.1) is 0 Å². The first-order valence-corrected chi connectivity index (χ1v) is 29.2. The molecule has 8 amide bonds. The zero-order chi connectivity index (χ0) is 57.4. The zero-order valence-electron chi connectivity index (χ0n) is 47.4. The molecule has 4 aromatic carbocycles. The third kappa shape index (κ3) is 15.1. The van der Waals surface area contributed by atoms with E-state index in [0.29, 0.717) is 64.5 Å². The molecule has 4 saturated heterocycles. The fraction of sp³-hybridized carbons (Fsp3) is 0.492. The average Bonchev–Trinajstić information content (AvgIpc) is 4.18. The van der Waals surface area contributed by atoms with Gasteiger partial charge in [0.15, 0.2) is 0 Å². The van der Waals surface area contributed by atoms with Crippen molar-refractivity contribution in [3.05, 3.63) is 144 Å². The van der Waals surface area contributed by atoms with Gasteiger partial charge in [-0.15, -0.1) is 0 Å². The van der Waals surface area contributed by atoms with Crippen molar-refractivity contribution in [2.45, 2.75) is 158 Å². The molecule has 6 N–H and O–H groups in total. The summed E-state index contributed by atoms with van der Waals surface area (Å²) in [6.07, 6.45) is 7.03. The summed E-state index contributed by atoms with van der Waals surface area (Å²) in [5.41, 5.74) is 3.65. The predicted octanol–water partition coefficient (Wildman–Crippen LogP) is 4.90. The molecule has 0 spiro atoms. The Labute approximate surface area is 476 Å². The van der Waals surface area contributed by atoms with Crippen molar-refractivity contribution >= 4 is 47.3 Å². The van der Waals surface area contributed by atoms with Gasteiger partial charge in [0.2, 0.25) is 47.3 Å². The smallest absolute Gasteiger partial charge is 0.247 e. The topological polar surface area (TPSA) is 222 Å². The molecule has 18 nitrogen and oxygen atoms in total. The SMILES string of the molecule is CN[C@@H](C)C(=O)N[C@H]1CN(C(=O)CCCCCCCC(=O)N2CC[C@H]3CC[C@@H](C(=O)NC(c4ccccc4)c4ccccc4)N3C(=O)[C@@H](NC(=O)[C@H](C)NC)C2)CC[C@H]2CC[C@@H](C(=O)NC(c3ccccc3)c3ccccc3)N2C1=O. The van der Waals surface area contributed by atoms with Crippen LogP contribution in [-0.2, 0) is 38.4 Å². The summed E-state index contributed by atoms with van der Waals surface area (Å²) in [7, 11) is 3.32. The molecule has 8 rings (SSSR count). The molecule has 0 radical (unpaired) electrons. The molecule has 0 bridgehead atoms. The van der Waals surface area contributed by atoms with E-state index in [0.717, 1.165) is 41.5 Å². The fourth-order valence-corrected chi connectivity index (χ4v) is 12.0. The summed E-state index contributed by atoms with van der Waals surface area (Å²) >= 11 is 0. The highest BCUT2D eigenvalue weighted by molar-refractivity contribution is 5.96. The standard InChI is InChI=1S/C63H82N10O8/c1-42(64-3)58(76)66-50-40-70(38-36-48-32-34-52(72(48)62(50)80)60(78)68-56(44-22-12-8-13-23-44)45-24-14-9-15-25-45)54(74)30-20-6-5-7-21-31-55(75)71-39-37-49-33-35-53(73(49)63(81)51(41-71)67-59(77)43(2)65-4)61(79)69-57(46-26-16-10-17-27-46)47-28-18-11-19-29-47/h8-19,22-29,42-43,48-53,56-57,64-65H,5-7,20-21,30-41H2,1-4H3,(H,66,76)(H,67,77)(H,68,78)(H,69,79)/t42-,43-,48+,49+,50-,51-,52-,53-/m0/s1. The van der Waals surface area contributed by atoms with Gasteiger partial charge in [0.05, 0.1) is 24.2 Å². The van der Waals surface area contributed by atoms with E-state index in [1.54, 1.807) is 47.5 Å². The van der Waals surface area contributed by atoms with Gasteiger partial charge in [-0.3, -0.25) is 38.4 Å². The molecule has 4 heterocycles. The van der Waals surface area contributed by atoms with Gasteiger partial charge in [-0.25, -0.2) is 0 Å². The number of amides is 8. The van der Waals surface area contributed by atoms with Crippen LogP contribution in [0.1, 0.15) is 132 Å². The van der Waals surface area contributed by atoms with E-state index >= 15 is 0 Å². The number of nitrogens with zero attached hydrogens (tertiary/aromatic N) is 4. The Morgan fingerprint density at radius 1 is 0.457 bits per heavy atom. The lowest BCUT2D eigenvalue weighted by Crippen LogP contribution is -2.62. The first-order valence-electron chi connectivity index (χ1n) is 29.2. The number of rotatable bonds is 22. The first kappa shape index (κ1) is 59.7. The van der Waals surface area contributed by atoms with Crippen molar-refractivity contribution in [1.29, 1.82) is 0 Å². The van der Waals surface area contributed by atoms with E-state index in [1.165, 1.54) is 0 Å². The van der Waals surface area contributed by atoms with E-state index < -0.39 is 48.3 Å². The van der Waals surface area contributed by atoms with Crippen molar-refractivity contribution in [2.75, 3.05) is 40.3 Å². The van der Waals surface area contributed by atoms with E-state index in [2.05, 4.69) is 31.9 Å². The van der Waals surface area contributed by atoms with Crippen LogP contribution in [-0.4, -0.2) is 155 Å². The van der Waals surface area contributed by atoms with Crippen molar-refractivity contribution < 1.29 is 38.4 Å². The lowest BCUT2D eigenvalue weighted by molar-refractivity contribution is -0.147. The number of carbonyl (C=O) groups excluding carboxylic acids is 8. The Morgan fingerprint density at radius 2 is 0.778 bits per heavy atom. The second-order valence-corrected chi connectivity index (χ2v) is 22.2. The quantitative estimate of drug-likeness (QED) is 0.0585. The Kier molecular flexibility index (Phi) is 21.2. The van der Waals surface area contributed by atoms with Crippen LogP contribution in [0.5, 0.6) is 0 Å². The lowest BCUT2D eigenvalue weighted by atomic mass is 9.98. The largest absolute Gasteiger partial charge is 0.343 e. The highest BCUT2D eigenvalue weighted by Crippen LogP contribution is 2.33. The number of hydrogen-bond donors (Lipinski definition) is 6. The minimum Gasteiger partial charge on any atom is -0.343 e. The monoisotopic (exact) mass is 1110 g/mol. The molecule has 4 aromatic rings. The number of nitrogens with one attached hydrogen (secondary N) is 6. The molecule has 4 aliphatic heterocycles. The van der Waals surface area contributed by atoms with Crippen LogP contribution in [0.4, 0.5) is 0 Å². The summed E-state index contributed by atoms with van der Waals surface area (Å²) in [5.74, 6) is -2.29. The molecule has 4 aliphatic rings. The van der Waals surface area contributed by atoms with E-state index in [-0.39, 0.29) is 85.3 Å². The Hall–Kier alpha value is -7.44. The number of hydrogen-bond acceptors (Lipinski definition) is 10. The van der Waals surface area contributed by atoms with Gasteiger partial charge in [0.1, 0.15) is 24.2 Å². The van der Waals surface area contributed by atoms with E-state index in [1.807, 2.05) is 121 Å². The van der Waals surface area contributed by atoms with Gasteiger partial charge >= 0.3 is 0 Å². The zero-order valence-corrected chi connectivity index (χ0v) is 47.4. The molecular weight excluding hydrogens is 1020 g/mol. The maximum Gasteiger partial charge on any atom is 0.247 e. The van der Waals surface area contributed by atoms with Gasteiger partial charge in [-0.05, 0) is 102 Å². The number of benzene rings is 4. The summed E-state index contributed by atoms with van der Waals surface area (Å²) < 4.78 is 0. The molecule has 0 unspecified atom stereocenters. The fourth-order valence-electron chi connectivity index (χ4n) is 12.0. The van der Waals surface area contributed by atoms with Crippen LogP contribution in [0.2, 0.25) is 0 Å². The van der Waals surface area contributed by atoms with Crippen LogP contribution in [0.15, 0.2) is 121 Å².